The molecule has 0 spiro atoms. The van der Waals surface area contributed by atoms with Gasteiger partial charge >= 0.3 is 5.97 Å². The van der Waals surface area contributed by atoms with E-state index >= 15 is 0 Å². The molecule has 1 unspecified atom stereocenters. The second-order valence-electron chi connectivity index (χ2n) is 4.17. The lowest BCUT2D eigenvalue weighted by molar-refractivity contribution is 0.0695. The second kappa shape index (κ2) is 6.21. The summed E-state index contributed by atoms with van der Waals surface area (Å²) in [5.41, 5.74) is 1.27. The molecular weight excluding hydrogens is 214 g/mol. The summed E-state index contributed by atoms with van der Waals surface area (Å²) < 4.78 is 0. The van der Waals surface area contributed by atoms with Crippen LogP contribution in [0.3, 0.4) is 0 Å². The fraction of sp³-hybridized carbons (Fsp3) is 0.357. The monoisotopic (exact) mass is 233 g/mol. The highest BCUT2D eigenvalue weighted by Crippen LogP contribution is 2.10. The lowest BCUT2D eigenvalue weighted by Crippen LogP contribution is -2.29. The largest absolute Gasteiger partial charge is 0.478 e. The SMILES string of the molecule is C=CC(C)N(C)CCc1ccccc1C(=O)O. The Hall–Kier alpha value is -1.61. The molecule has 0 aliphatic heterocycles. The molecule has 0 aromatic heterocycles. The van der Waals surface area contributed by atoms with Crippen molar-refractivity contribution < 1.29 is 9.90 Å². The first-order chi connectivity index (χ1) is 8.06. The minimum atomic E-state index is -0.861. The van der Waals surface area contributed by atoms with Crippen LogP contribution in [-0.4, -0.2) is 35.6 Å². The van der Waals surface area contributed by atoms with Crippen LogP contribution in [0.25, 0.3) is 0 Å². The first-order valence-corrected chi connectivity index (χ1v) is 5.70. The summed E-state index contributed by atoms with van der Waals surface area (Å²) in [7, 11) is 2.01. The fourth-order valence-corrected chi connectivity index (χ4v) is 1.63. The van der Waals surface area contributed by atoms with Gasteiger partial charge in [0.1, 0.15) is 0 Å². The van der Waals surface area contributed by atoms with Crippen LogP contribution in [-0.2, 0) is 6.42 Å². The minimum Gasteiger partial charge on any atom is -0.478 e. The number of nitrogens with zero attached hydrogens (tertiary/aromatic N) is 1. The van der Waals surface area contributed by atoms with E-state index in [-0.39, 0.29) is 0 Å². The van der Waals surface area contributed by atoms with Gasteiger partial charge in [0.15, 0.2) is 0 Å². The number of carboxylic acid groups (broad SMARTS) is 1. The Bertz CT molecular complexity index is 401. The maximum absolute atomic E-state index is 11.0. The van der Waals surface area contributed by atoms with Crippen LogP contribution in [0.2, 0.25) is 0 Å². The van der Waals surface area contributed by atoms with E-state index in [1.54, 1.807) is 12.1 Å². The molecule has 0 aliphatic carbocycles. The molecule has 0 aliphatic rings. The van der Waals surface area contributed by atoms with E-state index in [0.717, 1.165) is 18.5 Å². The highest BCUT2D eigenvalue weighted by atomic mass is 16.4. The maximum Gasteiger partial charge on any atom is 0.335 e. The quantitative estimate of drug-likeness (QED) is 0.767. The van der Waals surface area contributed by atoms with E-state index in [4.69, 9.17) is 5.11 Å². The second-order valence-corrected chi connectivity index (χ2v) is 4.17. The molecule has 0 heterocycles. The molecule has 0 radical (unpaired) electrons. The molecular formula is C14H19NO2. The van der Waals surface area contributed by atoms with Crippen LogP contribution in [0.4, 0.5) is 0 Å². The highest BCUT2D eigenvalue weighted by Gasteiger charge is 2.10. The van der Waals surface area contributed by atoms with Crippen molar-refractivity contribution >= 4 is 5.97 Å². The van der Waals surface area contributed by atoms with E-state index in [1.807, 2.05) is 25.3 Å². The molecule has 1 aromatic carbocycles. The molecule has 1 atom stereocenters. The summed E-state index contributed by atoms with van der Waals surface area (Å²) >= 11 is 0. The molecule has 0 saturated heterocycles. The maximum atomic E-state index is 11.0. The van der Waals surface area contributed by atoms with Crippen molar-refractivity contribution in [3.05, 3.63) is 48.0 Å². The first-order valence-electron chi connectivity index (χ1n) is 5.70. The summed E-state index contributed by atoms with van der Waals surface area (Å²) in [5.74, 6) is -0.861. The van der Waals surface area contributed by atoms with Crippen molar-refractivity contribution in [2.45, 2.75) is 19.4 Å². The Morgan fingerprint density at radius 1 is 1.53 bits per heavy atom. The van der Waals surface area contributed by atoms with Crippen LogP contribution in [0.1, 0.15) is 22.8 Å². The van der Waals surface area contributed by atoms with E-state index in [1.165, 1.54) is 0 Å². The van der Waals surface area contributed by atoms with Crippen molar-refractivity contribution in [2.24, 2.45) is 0 Å². The zero-order valence-electron chi connectivity index (χ0n) is 10.4. The average molecular weight is 233 g/mol. The van der Waals surface area contributed by atoms with Crippen molar-refractivity contribution in [2.75, 3.05) is 13.6 Å². The van der Waals surface area contributed by atoms with Gasteiger partial charge in [-0.15, -0.1) is 6.58 Å². The minimum absolute atomic E-state index is 0.298. The lowest BCUT2D eigenvalue weighted by atomic mass is 10.0. The van der Waals surface area contributed by atoms with Crippen LogP contribution < -0.4 is 0 Å². The van der Waals surface area contributed by atoms with E-state index in [2.05, 4.69) is 18.4 Å². The van der Waals surface area contributed by atoms with Gasteiger partial charge in [0.25, 0.3) is 0 Å². The van der Waals surface area contributed by atoms with Gasteiger partial charge in [-0.3, -0.25) is 4.90 Å². The lowest BCUT2D eigenvalue weighted by Gasteiger charge is -2.21. The molecule has 17 heavy (non-hydrogen) atoms. The van der Waals surface area contributed by atoms with Gasteiger partial charge in [-0.1, -0.05) is 24.3 Å². The number of hydrogen-bond acceptors (Lipinski definition) is 2. The highest BCUT2D eigenvalue weighted by molar-refractivity contribution is 5.89. The van der Waals surface area contributed by atoms with Crippen molar-refractivity contribution in [1.29, 1.82) is 0 Å². The molecule has 1 aromatic rings. The Labute approximate surface area is 102 Å². The van der Waals surface area contributed by atoms with Crippen molar-refractivity contribution in [3.8, 4) is 0 Å². The summed E-state index contributed by atoms with van der Waals surface area (Å²) in [6, 6.07) is 7.44. The Balaban J connectivity index is 2.69. The molecule has 3 nitrogen and oxygen atoms in total. The van der Waals surface area contributed by atoms with Gasteiger partial charge < -0.3 is 5.11 Å². The van der Waals surface area contributed by atoms with Crippen molar-refractivity contribution in [3.63, 3.8) is 0 Å². The predicted molar refractivity (Wildman–Crippen MR) is 69.4 cm³/mol. The molecule has 0 fully saturated rings. The van der Waals surface area contributed by atoms with Crippen LogP contribution >= 0.6 is 0 Å². The molecule has 0 bridgehead atoms. The molecule has 0 amide bonds. The van der Waals surface area contributed by atoms with Crippen LogP contribution in [0, 0.1) is 0 Å². The van der Waals surface area contributed by atoms with Gasteiger partial charge in [-0.2, -0.15) is 0 Å². The van der Waals surface area contributed by atoms with Gasteiger partial charge in [-0.25, -0.2) is 4.79 Å². The molecule has 3 heteroatoms. The zero-order chi connectivity index (χ0) is 12.8. The third kappa shape index (κ3) is 3.71. The van der Waals surface area contributed by atoms with Gasteiger partial charge in [0.05, 0.1) is 5.56 Å². The van der Waals surface area contributed by atoms with E-state index in [9.17, 15) is 4.79 Å². The van der Waals surface area contributed by atoms with E-state index < -0.39 is 5.97 Å². The summed E-state index contributed by atoms with van der Waals surface area (Å²) in [4.78, 5) is 13.2. The van der Waals surface area contributed by atoms with E-state index in [0.29, 0.717) is 11.6 Å². The van der Waals surface area contributed by atoms with Gasteiger partial charge in [-0.05, 0) is 32.0 Å². The number of likely N-dealkylation sites (N-methyl/N-ethyl adjacent to an activating group) is 1. The smallest absolute Gasteiger partial charge is 0.335 e. The molecule has 1 rings (SSSR count). The summed E-state index contributed by atoms with van der Waals surface area (Å²) in [5, 5.41) is 9.06. The number of rotatable bonds is 6. The Morgan fingerprint density at radius 2 is 2.18 bits per heavy atom. The molecule has 92 valence electrons. The standard InChI is InChI=1S/C14H19NO2/c1-4-11(2)15(3)10-9-12-7-5-6-8-13(12)14(16)17/h4-8,11H,1,9-10H2,2-3H3,(H,16,17). The molecule has 1 N–H and O–H groups in total. The number of aromatic carboxylic acids is 1. The van der Waals surface area contributed by atoms with Gasteiger partial charge in [0, 0.05) is 12.6 Å². The number of carbonyl (C=O) groups is 1. The third-order valence-corrected chi connectivity index (χ3v) is 3.02. The van der Waals surface area contributed by atoms with Crippen LogP contribution in [0.15, 0.2) is 36.9 Å². The summed E-state index contributed by atoms with van der Waals surface area (Å²) in [6.45, 7) is 6.63. The normalized spacial score (nSPS) is 12.4. The molecule has 0 saturated carbocycles. The van der Waals surface area contributed by atoms with Gasteiger partial charge in [0.2, 0.25) is 0 Å². The number of benzene rings is 1. The predicted octanol–water partition coefficient (Wildman–Crippen LogP) is 2.43. The number of carboxylic acids is 1. The Morgan fingerprint density at radius 3 is 2.76 bits per heavy atom. The van der Waals surface area contributed by atoms with Crippen molar-refractivity contribution in [1.82, 2.24) is 4.90 Å². The Kier molecular flexibility index (Phi) is 4.91. The number of hydrogen-bond donors (Lipinski definition) is 1. The third-order valence-electron chi connectivity index (χ3n) is 3.02. The zero-order valence-corrected chi connectivity index (χ0v) is 10.4. The topological polar surface area (TPSA) is 40.5 Å². The first kappa shape index (κ1) is 13.5. The fourth-order valence-electron chi connectivity index (χ4n) is 1.63. The van der Waals surface area contributed by atoms with Crippen LogP contribution in [0.5, 0.6) is 0 Å². The summed E-state index contributed by atoms with van der Waals surface area (Å²) in [6.07, 6.45) is 2.61. The average Bonchev–Trinajstić information content (AvgIpc) is 2.35.